The lowest BCUT2D eigenvalue weighted by Gasteiger charge is -2.22. The van der Waals surface area contributed by atoms with Crippen LogP contribution < -0.4 is 9.47 Å². The molecule has 3 aromatic carbocycles. The number of carboxylic acid groups (broad SMARTS) is 1. The molecule has 1 saturated heterocycles. The number of ether oxygens (including phenoxy) is 2. The number of carboxylic acids is 1. The van der Waals surface area contributed by atoms with Gasteiger partial charge in [0, 0.05) is 29.5 Å². The monoisotopic (exact) mass is 551 g/mol. The lowest BCUT2D eigenvalue weighted by Crippen LogP contribution is -2.38. The van der Waals surface area contributed by atoms with Crippen molar-refractivity contribution in [3.8, 4) is 11.5 Å². The van der Waals surface area contributed by atoms with Crippen LogP contribution in [0.1, 0.15) is 29.8 Å². The molecule has 3 aromatic rings. The van der Waals surface area contributed by atoms with E-state index in [9.17, 15) is 23.9 Å². The van der Waals surface area contributed by atoms with Gasteiger partial charge in [0.05, 0.1) is 0 Å². The van der Waals surface area contributed by atoms with Crippen molar-refractivity contribution in [2.75, 3.05) is 19.3 Å². The number of halogens is 1. The molecule has 1 fully saturated rings. The highest BCUT2D eigenvalue weighted by Crippen LogP contribution is 2.32. The highest BCUT2D eigenvalue weighted by atomic mass is 32.2. The predicted molar refractivity (Wildman–Crippen MR) is 146 cm³/mol. The van der Waals surface area contributed by atoms with Gasteiger partial charge in [-0.2, -0.15) is 0 Å². The number of hydrogen-bond donors (Lipinski definition) is 1. The molecule has 0 aliphatic carbocycles. The number of para-hydroxylation sites is 1. The lowest BCUT2D eigenvalue weighted by atomic mass is 9.84. The van der Waals surface area contributed by atoms with Crippen LogP contribution >= 0.6 is 11.8 Å². The van der Waals surface area contributed by atoms with Crippen LogP contribution in [0.3, 0.4) is 0 Å². The zero-order chi connectivity index (χ0) is 28.2. The van der Waals surface area contributed by atoms with Gasteiger partial charge in [0.1, 0.15) is 5.75 Å². The molecular formula is C30H30FNO6S. The predicted octanol–water partition coefficient (Wildman–Crippen LogP) is 5.96. The van der Waals surface area contributed by atoms with Gasteiger partial charge in [-0.05, 0) is 74.4 Å². The maximum atomic E-state index is 14.9. The molecule has 0 spiro atoms. The van der Waals surface area contributed by atoms with Crippen LogP contribution in [0.2, 0.25) is 0 Å². The molecule has 0 unspecified atom stereocenters. The van der Waals surface area contributed by atoms with Crippen LogP contribution in [0.25, 0.3) is 0 Å². The van der Waals surface area contributed by atoms with Gasteiger partial charge in [-0.25, -0.2) is 14.0 Å². The van der Waals surface area contributed by atoms with Crippen molar-refractivity contribution < 1.29 is 33.4 Å². The van der Waals surface area contributed by atoms with Gasteiger partial charge in [-0.15, -0.1) is 11.8 Å². The number of nitrogens with zero attached hydrogens (tertiary/aromatic N) is 1. The summed E-state index contributed by atoms with van der Waals surface area (Å²) >= 11 is 1.58. The fraction of sp³-hybridized carbons (Fsp3) is 0.300. The summed E-state index contributed by atoms with van der Waals surface area (Å²) in [5, 5.41) is 9.28. The number of aliphatic carboxylic acids is 1. The van der Waals surface area contributed by atoms with E-state index in [-0.39, 0.29) is 30.5 Å². The first kappa shape index (κ1) is 28.2. The van der Waals surface area contributed by atoms with Crippen molar-refractivity contribution >= 4 is 29.6 Å². The Bertz CT molecular complexity index is 1350. The number of carbonyl (C=O) groups excluding carboxylic acids is 2. The summed E-state index contributed by atoms with van der Waals surface area (Å²) in [5.74, 6) is -2.58. The van der Waals surface area contributed by atoms with Crippen molar-refractivity contribution in [3.05, 3.63) is 89.7 Å². The molecule has 2 atom stereocenters. The van der Waals surface area contributed by atoms with E-state index in [1.165, 1.54) is 30.9 Å². The molecule has 1 amide bonds. The molecule has 1 aliphatic rings. The number of Topliss-reactive ketones (excluding diaryl/α,β-unsaturated/α-hetero) is 1. The molecule has 1 aliphatic heterocycles. The smallest absolute Gasteiger partial charge is 0.415 e. The average molecular weight is 552 g/mol. The summed E-state index contributed by atoms with van der Waals surface area (Å²) in [5.41, 5.74) is -0.449. The molecule has 9 heteroatoms. The Morgan fingerprint density at radius 1 is 1.03 bits per heavy atom. The molecule has 0 radical (unpaired) electrons. The number of carbonyl (C=O) groups is 3. The summed E-state index contributed by atoms with van der Waals surface area (Å²) in [6.07, 6.45) is 1.73. The normalized spacial score (nSPS) is 17.1. The summed E-state index contributed by atoms with van der Waals surface area (Å²) in [6.45, 7) is 3.12. The first-order valence-electron chi connectivity index (χ1n) is 12.5. The number of thioether (sulfide) groups is 1. The first-order valence-corrected chi connectivity index (χ1v) is 13.7. The van der Waals surface area contributed by atoms with Crippen LogP contribution in [0.15, 0.2) is 77.7 Å². The highest BCUT2D eigenvalue weighted by Gasteiger charge is 2.40. The Morgan fingerprint density at radius 3 is 2.33 bits per heavy atom. The van der Waals surface area contributed by atoms with Crippen molar-refractivity contribution in [3.63, 3.8) is 0 Å². The summed E-state index contributed by atoms with van der Waals surface area (Å²) in [4.78, 5) is 40.4. The molecule has 0 saturated carbocycles. The van der Waals surface area contributed by atoms with E-state index in [1.54, 1.807) is 54.2 Å². The van der Waals surface area contributed by atoms with Crippen molar-refractivity contribution in [1.82, 2.24) is 4.90 Å². The Morgan fingerprint density at radius 2 is 1.72 bits per heavy atom. The fourth-order valence-electron chi connectivity index (χ4n) is 4.52. The Kier molecular flexibility index (Phi) is 8.60. The third kappa shape index (κ3) is 6.78. The topological polar surface area (TPSA) is 93.1 Å². The van der Waals surface area contributed by atoms with Crippen LogP contribution in [0.5, 0.6) is 11.5 Å². The second-order valence-corrected chi connectivity index (χ2v) is 10.8. The van der Waals surface area contributed by atoms with Gasteiger partial charge in [-0.3, -0.25) is 4.79 Å². The van der Waals surface area contributed by atoms with Gasteiger partial charge in [-0.1, -0.05) is 36.4 Å². The van der Waals surface area contributed by atoms with Gasteiger partial charge in [0.2, 0.25) is 0 Å². The second-order valence-electron chi connectivity index (χ2n) is 9.93. The number of hydrogen-bond acceptors (Lipinski definition) is 6. The van der Waals surface area contributed by atoms with Crippen molar-refractivity contribution in [2.45, 2.75) is 30.8 Å². The zero-order valence-corrected chi connectivity index (χ0v) is 22.7. The Labute approximate surface area is 230 Å². The molecule has 1 heterocycles. The lowest BCUT2D eigenvalue weighted by molar-refractivity contribution is -0.152. The minimum Gasteiger partial charge on any atom is -0.478 e. The van der Waals surface area contributed by atoms with E-state index in [0.29, 0.717) is 23.3 Å². The summed E-state index contributed by atoms with van der Waals surface area (Å²) in [6, 6.07) is 20.4. The number of rotatable bonds is 9. The van der Waals surface area contributed by atoms with Gasteiger partial charge < -0.3 is 19.5 Å². The van der Waals surface area contributed by atoms with Crippen LogP contribution in [-0.4, -0.2) is 52.8 Å². The van der Waals surface area contributed by atoms with Crippen LogP contribution in [0.4, 0.5) is 9.18 Å². The SMILES string of the molecule is CSc1ccc(C(=O)[C@H]2CN(C(=O)Oc3ccccc3)C[C@@H]2Cc2ccc(OC(C)(C)C(=O)O)c(F)c2)cc1. The van der Waals surface area contributed by atoms with E-state index < -0.39 is 29.4 Å². The van der Waals surface area contributed by atoms with E-state index >= 15 is 0 Å². The Hall–Kier alpha value is -3.85. The maximum Gasteiger partial charge on any atom is 0.415 e. The number of amides is 1. The molecular weight excluding hydrogens is 521 g/mol. The molecule has 204 valence electrons. The first-order chi connectivity index (χ1) is 18.6. The quantitative estimate of drug-likeness (QED) is 0.259. The highest BCUT2D eigenvalue weighted by molar-refractivity contribution is 7.98. The van der Waals surface area contributed by atoms with Gasteiger partial charge >= 0.3 is 12.1 Å². The van der Waals surface area contributed by atoms with Gasteiger partial charge in [0.15, 0.2) is 23.0 Å². The van der Waals surface area contributed by atoms with E-state index in [2.05, 4.69) is 0 Å². The fourth-order valence-corrected chi connectivity index (χ4v) is 4.93. The zero-order valence-electron chi connectivity index (χ0n) is 21.9. The van der Waals surface area contributed by atoms with E-state index in [1.807, 2.05) is 24.5 Å². The maximum absolute atomic E-state index is 14.9. The van der Waals surface area contributed by atoms with Crippen LogP contribution in [-0.2, 0) is 11.2 Å². The number of ketones is 1. The summed E-state index contributed by atoms with van der Waals surface area (Å²) < 4.78 is 25.8. The number of likely N-dealkylation sites (tertiary alicyclic amines) is 1. The van der Waals surface area contributed by atoms with E-state index in [4.69, 9.17) is 9.47 Å². The summed E-state index contributed by atoms with van der Waals surface area (Å²) in [7, 11) is 0. The number of benzene rings is 3. The molecule has 1 N–H and O–H groups in total. The third-order valence-corrected chi connectivity index (χ3v) is 7.48. The second kappa shape index (κ2) is 11.9. The van der Waals surface area contributed by atoms with Crippen molar-refractivity contribution in [1.29, 1.82) is 0 Å². The van der Waals surface area contributed by atoms with Crippen LogP contribution in [0, 0.1) is 17.7 Å². The van der Waals surface area contributed by atoms with E-state index in [0.717, 1.165) is 4.90 Å². The largest absolute Gasteiger partial charge is 0.478 e. The molecule has 7 nitrogen and oxygen atoms in total. The minimum absolute atomic E-state index is 0.0914. The molecule has 39 heavy (non-hydrogen) atoms. The average Bonchev–Trinajstić information content (AvgIpc) is 3.34. The third-order valence-electron chi connectivity index (χ3n) is 6.73. The standard InChI is InChI=1S/C30H30FNO6S/c1-30(2,28(34)35)38-26-14-9-19(16-25(26)31)15-21-17-32(29(36)37-22-7-5-4-6-8-22)18-24(21)27(33)20-10-12-23(39-3)13-11-20/h4-14,16,21,24H,15,17-18H2,1-3H3,(H,34,35)/t21-,24-/m0/s1. The molecule has 0 bridgehead atoms. The van der Waals surface area contributed by atoms with Crippen molar-refractivity contribution in [2.24, 2.45) is 11.8 Å². The minimum atomic E-state index is -1.60. The Balaban J connectivity index is 1.55. The molecule has 0 aromatic heterocycles. The van der Waals surface area contributed by atoms with Gasteiger partial charge in [0.25, 0.3) is 0 Å². The molecule has 4 rings (SSSR count).